The number of hydrogen-bond donors (Lipinski definition) is 1. The molecule has 0 saturated carbocycles. The van der Waals surface area contributed by atoms with E-state index in [1.807, 2.05) is 35.2 Å². The van der Waals surface area contributed by atoms with Crippen molar-refractivity contribution in [2.75, 3.05) is 34.4 Å². The summed E-state index contributed by atoms with van der Waals surface area (Å²) in [6.07, 6.45) is 0.949. The Morgan fingerprint density at radius 2 is 1.71 bits per heavy atom. The van der Waals surface area contributed by atoms with Crippen LogP contribution in [0.3, 0.4) is 0 Å². The minimum atomic E-state index is -0.0398. The molecular weight excluding hydrogens is 356 g/mol. The Balaban J connectivity index is 1.66. The zero-order chi connectivity index (χ0) is 20.1. The number of hydrogen-bond acceptors (Lipinski definition) is 5. The van der Waals surface area contributed by atoms with E-state index in [0.717, 1.165) is 5.56 Å². The third-order valence-corrected chi connectivity index (χ3v) is 5.34. The molecule has 28 heavy (non-hydrogen) atoms. The van der Waals surface area contributed by atoms with Gasteiger partial charge in [-0.15, -0.1) is 0 Å². The van der Waals surface area contributed by atoms with Gasteiger partial charge >= 0.3 is 0 Å². The molecule has 1 aliphatic heterocycles. The van der Waals surface area contributed by atoms with Crippen molar-refractivity contribution in [3.05, 3.63) is 53.6 Å². The molecule has 0 spiro atoms. The standard InChI is InChI=1S/C22H28N2O4/c1-26-19-11-9-16(21(27-2)22(19)28-3)10-12-20(25)24-13-17(18(23)14-24)15-7-5-4-6-8-15/h4-9,11,17-18H,10,12-14,23H2,1-3H3/t17-,18+/m0/s1. The van der Waals surface area contributed by atoms with Crippen molar-refractivity contribution in [2.45, 2.75) is 24.8 Å². The Bertz CT molecular complexity index is 810. The first-order chi connectivity index (χ1) is 13.6. The van der Waals surface area contributed by atoms with Gasteiger partial charge in [0.05, 0.1) is 21.3 Å². The van der Waals surface area contributed by atoms with E-state index in [2.05, 4.69) is 12.1 Å². The molecule has 1 heterocycles. The topological polar surface area (TPSA) is 74.0 Å². The fraction of sp³-hybridized carbons (Fsp3) is 0.409. The normalized spacial score (nSPS) is 18.8. The van der Waals surface area contributed by atoms with Crippen LogP contribution in [-0.4, -0.2) is 51.3 Å². The smallest absolute Gasteiger partial charge is 0.222 e. The van der Waals surface area contributed by atoms with Gasteiger partial charge in [-0.25, -0.2) is 0 Å². The van der Waals surface area contributed by atoms with Crippen LogP contribution in [0.15, 0.2) is 42.5 Å². The number of methoxy groups -OCH3 is 3. The van der Waals surface area contributed by atoms with E-state index in [0.29, 0.717) is 43.2 Å². The number of aryl methyl sites for hydroxylation is 1. The molecule has 0 bridgehead atoms. The van der Waals surface area contributed by atoms with Gasteiger partial charge in [-0.1, -0.05) is 36.4 Å². The summed E-state index contributed by atoms with van der Waals surface area (Å²) in [5.74, 6) is 2.04. The molecule has 6 heteroatoms. The van der Waals surface area contributed by atoms with E-state index < -0.39 is 0 Å². The van der Waals surface area contributed by atoms with Crippen LogP contribution in [0, 0.1) is 0 Å². The number of benzene rings is 2. The predicted molar refractivity (Wildman–Crippen MR) is 108 cm³/mol. The Kier molecular flexibility index (Phi) is 6.41. The summed E-state index contributed by atoms with van der Waals surface area (Å²) < 4.78 is 16.2. The van der Waals surface area contributed by atoms with Crippen LogP contribution in [0.25, 0.3) is 0 Å². The first-order valence-corrected chi connectivity index (χ1v) is 9.45. The van der Waals surface area contributed by atoms with Gasteiger partial charge in [0, 0.05) is 31.5 Å². The van der Waals surface area contributed by atoms with Crippen molar-refractivity contribution >= 4 is 5.91 Å². The summed E-state index contributed by atoms with van der Waals surface area (Å²) in [5.41, 5.74) is 8.42. The van der Waals surface area contributed by atoms with Gasteiger partial charge < -0.3 is 24.8 Å². The molecule has 0 unspecified atom stereocenters. The number of amides is 1. The Labute approximate surface area is 166 Å². The van der Waals surface area contributed by atoms with Gasteiger partial charge in [-0.2, -0.15) is 0 Å². The second-order valence-electron chi connectivity index (χ2n) is 6.97. The van der Waals surface area contributed by atoms with Crippen LogP contribution in [0.2, 0.25) is 0 Å². The molecule has 150 valence electrons. The summed E-state index contributed by atoms with van der Waals surface area (Å²) in [4.78, 5) is 14.7. The highest BCUT2D eigenvalue weighted by Gasteiger charge is 2.33. The highest BCUT2D eigenvalue weighted by molar-refractivity contribution is 5.77. The first kappa shape index (κ1) is 20.0. The molecule has 2 aromatic carbocycles. The lowest BCUT2D eigenvalue weighted by atomic mass is 9.95. The minimum absolute atomic E-state index is 0.0398. The van der Waals surface area contributed by atoms with Crippen molar-refractivity contribution in [3.8, 4) is 17.2 Å². The van der Waals surface area contributed by atoms with Gasteiger partial charge in [0.2, 0.25) is 11.7 Å². The van der Waals surface area contributed by atoms with Crippen molar-refractivity contribution in [1.29, 1.82) is 0 Å². The van der Waals surface area contributed by atoms with Crippen molar-refractivity contribution in [3.63, 3.8) is 0 Å². The summed E-state index contributed by atoms with van der Waals surface area (Å²) in [6, 6.07) is 13.9. The SMILES string of the molecule is COc1ccc(CCC(=O)N2C[C@@H](N)[C@H](c3ccccc3)C2)c(OC)c1OC. The lowest BCUT2D eigenvalue weighted by Gasteiger charge is -2.18. The highest BCUT2D eigenvalue weighted by atomic mass is 16.5. The number of carbonyl (C=O) groups is 1. The first-order valence-electron chi connectivity index (χ1n) is 9.45. The third kappa shape index (κ3) is 4.07. The molecule has 1 fully saturated rings. The predicted octanol–water partition coefficient (Wildman–Crippen LogP) is 2.60. The average Bonchev–Trinajstić information content (AvgIpc) is 3.13. The van der Waals surface area contributed by atoms with Crippen LogP contribution >= 0.6 is 0 Å². The summed E-state index contributed by atoms with van der Waals surface area (Å²) in [5, 5.41) is 0. The largest absolute Gasteiger partial charge is 0.493 e. The van der Waals surface area contributed by atoms with E-state index in [-0.39, 0.29) is 17.9 Å². The molecule has 2 N–H and O–H groups in total. The second kappa shape index (κ2) is 8.97. The van der Waals surface area contributed by atoms with Crippen LogP contribution in [-0.2, 0) is 11.2 Å². The summed E-state index contributed by atoms with van der Waals surface area (Å²) in [7, 11) is 4.75. The van der Waals surface area contributed by atoms with E-state index in [9.17, 15) is 4.79 Å². The zero-order valence-corrected chi connectivity index (χ0v) is 16.7. The number of nitrogens with zero attached hydrogens (tertiary/aromatic N) is 1. The number of nitrogens with two attached hydrogens (primary N) is 1. The van der Waals surface area contributed by atoms with Crippen LogP contribution in [0.1, 0.15) is 23.5 Å². The molecule has 0 aromatic heterocycles. The number of ether oxygens (including phenoxy) is 3. The van der Waals surface area contributed by atoms with Crippen LogP contribution < -0.4 is 19.9 Å². The lowest BCUT2D eigenvalue weighted by Crippen LogP contribution is -2.32. The molecule has 6 nitrogen and oxygen atoms in total. The Morgan fingerprint density at radius 1 is 1.00 bits per heavy atom. The van der Waals surface area contributed by atoms with Crippen molar-refractivity contribution in [2.24, 2.45) is 5.73 Å². The monoisotopic (exact) mass is 384 g/mol. The molecule has 2 atom stereocenters. The quantitative estimate of drug-likeness (QED) is 0.794. The molecule has 3 rings (SSSR count). The average molecular weight is 384 g/mol. The van der Waals surface area contributed by atoms with E-state index in [4.69, 9.17) is 19.9 Å². The van der Waals surface area contributed by atoms with E-state index >= 15 is 0 Å². The van der Waals surface area contributed by atoms with E-state index in [1.165, 1.54) is 5.56 Å². The molecule has 1 aliphatic rings. The number of carbonyl (C=O) groups excluding carboxylic acids is 1. The molecule has 0 aliphatic carbocycles. The molecular formula is C22H28N2O4. The van der Waals surface area contributed by atoms with Crippen LogP contribution in [0.4, 0.5) is 0 Å². The van der Waals surface area contributed by atoms with Gasteiger partial charge in [0.15, 0.2) is 11.5 Å². The summed E-state index contributed by atoms with van der Waals surface area (Å²) >= 11 is 0. The number of rotatable bonds is 7. The lowest BCUT2D eigenvalue weighted by molar-refractivity contribution is -0.130. The molecule has 1 amide bonds. The molecule has 2 aromatic rings. The molecule has 0 radical (unpaired) electrons. The number of likely N-dealkylation sites (tertiary alicyclic amines) is 1. The van der Waals surface area contributed by atoms with Gasteiger partial charge in [0.25, 0.3) is 0 Å². The molecule has 1 saturated heterocycles. The minimum Gasteiger partial charge on any atom is -0.493 e. The maximum Gasteiger partial charge on any atom is 0.222 e. The van der Waals surface area contributed by atoms with E-state index in [1.54, 1.807) is 21.3 Å². The van der Waals surface area contributed by atoms with Crippen molar-refractivity contribution in [1.82, 2.24) is 4.90 Å². The zero-order valence-electron chi connectivity index (χ0n) is 16.7. The Morgan fingerprint density at radius 3 is 2.36 bits per heavy atom. The third-order valence-electron chi connectivity index (χ3n) is 5.34. The fourth-order valence-electron chi connectivity index (χ4n) is 3.85. The van der Waals surface area contributed by atoms with Crippen molar-refractivity contribution < 1.29 is 19.0 Å². The second-order valence-corrected chi connectivity index (χ2v) is 6.97. The van der Waals surface area contributed by atoms with Gasteiger partial charge in [-0.05, 0) is 23.6 Å². The van der Waals surface area contributed by atoms with Crippen LogP contribution in [0.5, 0.6) is 17.2 Å². The highest BCUT2D eigenvalue weighted by Crippen LogP contribution is 2.40. The van der Waals surface area contributed by atoms with Gasteiger partial charge in [-0.3, -0.25) is 4.79 Å². The van der Waals surface area contributed by atoms with Gasteiger partial charge in [0.1, 0.15) is 0 Å². The summed E-state index contributed by atoms with van der Waals surface area (Å²) in [6.45, 7) is 1.24. The maximum atomic E-state index is 12.8. The maximum absolute atomic E-state index is 12.8. The Hall–Kier alpha value is -2.73. The fourth-order valence-corrected chi connectivity index (χ4v) is 3.85.